The maximum atomic E-state index is 9.67. The Labute approximate surface area is 65.6 Å². The van der Waals surface area contributed by atoms with Crippen molar-refractivity contribution in [3.63, 3.8) is 0 Å². The van der Waals surface area contributed by atoms with Gasteiger partial charge >= 0.3 is 0 Å². The van der Waals surface area contributed by atoms with Gasteiger partial charge in [0, 0.05) is 0 Å². The lowest BCUT2D eigenvalue weighted by Crippen LogP contribution is -2.50. The molecule has 11 heavy (non-hydrogen) atoms. The van der Waals surface area contributed by atoms with Crippen molar-refractivity contribution in [1.82, 2.24) is 0 Å². The number of aliphatic hydroxyl groups excluding tert-OH is 1. The van der Waals surface area contributed by atoms with Gasteiger partial charge in [-0.15, -0.1) is 0 Å². The molecule has 3 nitrogen and oxygen atoms in total. The summed E-state index contributed by atoms with van der Waals surface area (Å²) in [6.45, 7) is 5.11. The van der Waals surface area contributed by atoms with E-state index in [1.54, 1.807) is 6.92 Å². The fourth-order valence-corrected chi connectivity index (χ4v) is 1.03. The Hall–Kier alpha value is -0.800. The van der Waals surface area contributed by atoms with Crippen LogP contribution in [0.15, 0.2) is 25.0 Å². The Kier molecular flexibility index (Phi) is 2.02. The molecule has 0 saturated carbocycles. The van der Waals surface area contributed by atoms with Gasteiger partial charge < -0.3 is 14.9 Å². The minimum absolute atomic E-state index is 0.458. The molecule has 0 bridgehead atoms. The molecule has 0 radical (unpaired) electrons. The molecule has 0 amide bonds. The van der Waals surface area contributed by atoms with Crippen molar-refractivity contribution < 1.29 is 14.9 Å². The third-order valence-corrected chi connectivity index (χ3v) is 2.00. The number of rotatable bonds is 1. The third kappa shape index (κ3) is 1.17. The van der Waals surface area contributed by atoms with E-state index >= 15 is 0 Å². The molecule has 2 N–H and O–H groups in total. The summed E-state index contributed by atoms with van der Waals surface area (Å²) in [7, 11) is 0. The van der Waals surface area contributed by atoms with Crippen LogP contribution in [0.3, 0.4) is 0 Å². The maximum absolute atomic E-state index is 9.67. The first-order valence-corrected chi connectivity index (χ1v) is 3.47. The molecule has 0 aromatic carbocycles. The first-order valence-electron chi connectivity index (χ1n) is 3.47. The molecular formula is C8H12O3. The molecule has 1 rings (SSSR count). The minimum atomic E-state index is -1.35. The molecule has 0 aliphatic carbocycles. The summed E-state index contributed by atoms with van der Waals surface area (Å²) in [5.41, 5.74) is -1.35. The Morgan fingerprint density at radius 1 is 1.73 bits per heavy atom. The van der Waals surface area contributed by atoms with Gasteiger partial charge in [-0.3, -0.25) is 0 Å². The van der Waals surface area contributed by atoms with Crippen LogP contribution >= 0.6 is 0 Å². The lowest BCUT2D eigenvalue weighted by atomic mass is 9.90. The van der Waals surface area contributed by atoms with E-state index in [9.17, 15) is 10.2 Å². The molecule has 3 heteroatoms. The summed E-state index contributed by atoms with van der Waals surface area (Å²) in [4.78, 5) is 0. The Bertz CT molecular complexity index is 188. The van der Waals surface area contributed by atoms with Gasteiger partial charge in [-0.05, 0) is 13.0 Å². The molecule has 3 atom stereocenters. The van der Waals surface area contributed by atoms with Crippen LogP contribution in [0.5, 0.6) is 0 Å². The molecule has 0 fully saturated rings. The predicted molar refractivity (Wildman–Crippen MR) is 40.8 cm³/mol. The largest absolute Gasteiger partial charge is 0.495 e. The summed E-state index contributed by atoms with van der Waals surface area (Å²) in [5, 5.41) is 19.0. The highest BCUT2D eigenvalue weighted by atomic mass is 16.5. The Morgan fingerprint density at radius 3 is 2.73 bits per heavy atom. The molecule has 0 aromatic rings. The normalized spacial score (nSPS) is 43.2. The minimum Gasteiger partial charge on any atom is -0.495 e. The lowest BCUT2D eigenvalue weighted by Gasteiger charge is -2.36. The zero-order valence-corrected chi connectivity index (χ0v) is 6.40. The number of aliphatic hydroxyl groups is 2. The molecule has 0 saturated heterocycles. The van der Waals surface area contributed by atoms with Crippen LogP contribution in [-0.4, -0.2) is 28.0 Å². The topological polar surface area (TPSA) is 49.7 Å². The first-order chi connectivity index (χ1) is 5.11. The van der Waals surface area contributed by atoms with E-state index < -0.39 is 17.8 Å². The molecule has 62 valence electrons. The van der Waals surface area contributed by atoms with Gasteiger partial charge in [0.15, 0.2) is 0 Å². The second-order valence-electron chi connectivity index (χ2n) is 2.64. The van der Waals surface area contributed by atoms with Crippen molar-refractivity contribution in [3.8, 4) is 0 Å². The van der Waals surface area contributed by atoms with Crippen LogP contribution in [0.2, 0.25) is 0 Å². The summed E-state index contributed by atoms with van der Waals surface area (Å²) in [6, 6.07) is 0. The highest BCUT2D eigenvalue weighted by molar-refractivity contribution is 5.14. The summed E-state index contributed by atoms with van der Waals surface area (Å²) < 4.78 is 4.99. The fraction of sp³-hybridized carbons (Fsp3) is 0.500. The van der Waals surface area contributed by atoms with E-state index in [2.05, 4.69) is 6.58 Å². The number of hydrogen-bond acceptors (Lipinski definition) is 3. The van der Waals surface area contributed by atoms with Gasteiger partial charge in [0.2, 0.25) is 0 Å². The van der Waals surface area contributed by atoms with Crippen molar-refractivity contribution in [3.05, 3.63) is 25.0 Å². The SMILES string of the molecule is C=C[C@@]1(O)[C@H](O)C=CO[C@@H]1C. The van der Waals surface area contributed by atoms with Crippen molar-refractivity contribution >= 4 is 0 Å². The van der Waals surface area contributed by atoms with Crippen LogP contribution < -0.4 is 0 Å². The molecule has 0 unspecified atom stereocenters. The van der Waals surface area contributed by atoms with Crippen LogP contribution in [0, 0.1) is 0 Å². The van der Waals surface area contributed by atoms with Crippen molar-refractivity contribution in [2.24, 2.45) is 0 Å². The standard InChI is InChI=1S/C8H12O3/c1-3-8(10)6(2)11-5-4-7(8)9/h3-7,9-10H,1H2,2H3/t6-,7-,8+/m1/s1. The van der Waals surface area contributed by atoms with Crippen molar-refractivity contribution in [1.29, 1.82) is 0 Å². The molecule has 0 spiro atoms. The zero-order chi connectivity index (χ0) is 8.48. The Balaban J connectivity index is 2.90. The average molecular weight is 156 g/mol. The van der Waals surface area contributed by atoms with E-state index in [0.717, 1.165) is 0 Å². The molecule has 0 aromatic heterocycles. The van der Waals surface area contributed by atoms with E-state index in [-0.39, 0.29) is 0 Å². The number of ether oxygens (including phenoxy) is 1. The van der Waals surface area contributed by atoms with Gasteiger partial charge in [0.25, 0.3) is 0 Å². The van der Waals surface area contributed by atoms with E-state index in [4.69, 9.17) is 4.74 Å². The lowest BCUT2D eigenvalue weighted by molar-refractivity contribution is -0.108. The van der Waals surface area contributed by atoms with Gasteiger partial charge in [-0.25, -0.2) is 0 Å². The smallest absolute Gasteiger partial charge is 0.148 e. The van der Waals surface area contributed by atoms with E-state index in [0.29, 0.717) is 0 Å². The molecule has 1 aliphatic rings. The molecule has 1 heterocycles. The van der Waals surface area contributed by atoms with Gasteiger partial charge in [0.1, 0.15) is 17.8 Å². The van der Waals surface area contributed by atoms with Gasteiger partial charge in [-0.1, -0.05) is 12.7 Å². The zero-order valence-electron chi connectivity index (χ0n) is 6.40. The highest BCUT2D eigenvalue weighted by Gasteiger charge is 2.40. The molecule has 1 aliphatic heterocycles. The second kappa shape index (κ2) is 2.68. The highest BCUT2D eigenvalue weighted by Crippen LogP contribution is 2.24. The molecular weight excluding hydrogens is 144 g/mol. The van der Waals surface area contributed by atoms with Crippen LogP contribution in [0.1, 0.15) is 6.92 Å². The van der Waals surface area contributed by atoms with Crippen LogP contribution in [-0.2, 0) is 4.74 Å². The van der Waals surface area contributed by atoms with Crippen LogP contribution in [0.25, 0.3) is 0 Å². The summed E-state index contributed by atoms with van der Waals surface area (Å²) >= 11 is 0. The quantitative estimate of drug-likeness (QED) is 0.533. The Morgan fingerprint density at radius 2 is 2.36 bits per heavy atom. The van der Waals surface area contributed by atoms with Crippen LogP contribution in [0.4, 0.5) is 0 Å². The summed E-state index contributed by atoms with van der Waals surface area (Å²) in [6.07, 6.45) is 2.68. The second-order valence-corrected chi connectivity index (χ2v) is 2.64. The summed E-state index contributed by atoms with van der Waals surface area (Å²) in [5.74, 6) is 0. The first kappa shape index (κ1) is 8.30. The van der Waals surface area contributed by atoms with Gasteiger partial charge in [-0.2, -0.15) is 0 Å². The third-order valence-electron chi connectivity index (χ3n) is 2.00. The van der Waals surface area contributed by atoms with Gasteiger partial charge in [0.05, 0.1) is 6.26 Å². The maximum Gasteiger partial charge on any atom is 0.148 e. The predicted octanol–water partition coefficient (Wildman–Crippen LogP) is 0.197. The monoisotopic (exact) mass is 156 g/mol. The fourth-order valence-electron chi connectivity index (χ4n) is 1.03. The number of hydrogen-bond donors (Lipinski definition) is 2. The van der Waals surface area contributed by atoms with E-state index in [1.165, 1.54) is 18.4 Å². The average Bonchev–Trinajstić information content (AvgIpc) is 2.00. The van der Waals surface area contributed by atoms with Crippen molar-refractivity contribution in [2.45, 2.75) is 24.7 Å². The van der Waals surface area contributed by atoms with E-state index in [1.807, 2.05) is 0 Å². The van der Waals surface area contributed by atoms with Crippen molar-refractivity contribution in [2.75, 3.05) is 0 Å².